The van der Waals surface area contributed by atoms with Gasteiger partial charge in [0.2, 0.25) is 5.91 Å². The Balaban J connectivity index is 1.89. The highest BCUT2D eigenvalue weighted by molar-refractivity contribution is 6.30. The largest absolute Gasteiger partial charge is 0.339 e. The van der Waals surface area contributed by atoms with Gasteiger partial charge in [-0.1, -0.05) is 23.7 Å². The van der Waals surface area contributed by atoms with Crippen molar-refractivity contribution < 1.29 is 4.79 Å². The van der Waals surface area contributed by atoms with E-state index in [0.717, 1.165) is 38.0 Å². The summed E-state index contributed by atoms with van der Waals surface area (Å²) < 4.78 is 0. The molecule has 0 atom stereocenters. The lowest BCUT2D eigenvalue weighted by atomic mass is 9.97. The Morgan fingerprint density at radius 3 is 2.53 bits per heavy atom. The molecule has 1 aliphatic heterocycles. The summed E-state index contributed by atoms with van der Waals surface area (Å²) >= 11 is 5.81. The lowest BCUT2D eigenvalue weighted by Gasteiger charge is -2.30. The summed E-state index contributed by atoms with van der Waals surface area (Å²) in [6.45, 7) is 2.35. The molecule has 4 heteroatoms. The molecule has 1 aliphatic rings. The van der Waals surface area contributed by atoms with Crippen LogP contribution < -0.4 is 5.73 Å². The van der Waals surface area contributed by atoms with Crippen molar-refractivity contribution in [1.82, 2.24) is 4.90 Å². The van der Waals surface area contributed by atoms with E-state index in [1.54, 1.807) is 6.08 Å². The van der Waals surface area contributed by atoms with Crippen LogP contribution in [0.5, 0.6) is 0 Å². The van der Waals surface area contributed by atoms with Crippen molar-refractivity contribution in [3.63, 3.8) is 0 Å². The van der Waals surface area contributed by atoms with E-state index in [9.17, 15) is 4.79 Å². The molecule has 1 fully saturated rings. The minimum atomic E-state index is 0.0745. The molecule has 1 aromatic carbocycles. The summed E-state index contributed by atoms with van der Waals surface area (Å²) in [7, 11) is 0. The van der Waals surface area contributed by atoms with Gasteiger partial charge < -0.3 is 10.6 Å². The zero-order valence-corrected chi connectivity index (χ0v) is 11.6. The van der Waals surface area contributed by atoms with E-state index in [4.69, 9.17) is 17.3 Å². The standard InChI is InChI=1S/C15H19ClN2O/c16-14-4-1-12(2-5-14)3-6-15(19)18-9-7-13(11-17)8-10-18/h1-6,13H,7-11,17H2. The number of piperidine rings is 1. The first-order chi connectivity index (χ1) is 9.19. The van der Waals surface area contributed by atoms with E-state index in [1.807, 2.05) is 35.2 Å². The first kappa shape index (κ1) is 14.1. The van der Waals surface area contributed by atoms with Crippen molar-refractivity contribution in [2.45, 2.75) is 12.8 Å². The van der Waals surface area contributed by atoms with E-state index in [-0.39, 0.29) is 5.91 Å². The Hall–Kier alpha value is -1.32. The van der Waals surface area contributed by atoms with Gasteiger partial charge >= 0.3 is 0 Å². The maximum atomic E-state index is 12.0. The first-order valence-corrected chi connectivity index (χ1v) is 6.99. The maximum absolute atomic E-state index is 12.0. The van der Waals surface area contributed by atoms with Crippen LogP contribution >= 0.6 is 11.6 Å². The highest BCUT2D eigenvalue weighted by Crippen LogP contribution is 2.16. The van der Waals surface area contributed by atoms with E-state index in [0.29, 0.717) is 10.9 Å². The summed E-state index contributed by atoms with van der Waals surface area (Å²) in [6.07, 6.45) is 5.48. The van der Waals surface area contributed by atoms with Crippen molar-refractivity contribution in [2.24, 2.45) is 11.7 Å². The van der Waals surface area contributed by atoms with Crippen LogP contribution in [0.1, 0.15) is 18.4 Å². The van der Waals surface area contributed by atoms with Gasteiger partial charge in [-0.3, -0.25) is 4.79 Å². The van der Waals surface area contributed by atoms with Crippen LogP contribution in [-0.2, 0) is 4.79 Å². The van der Waals surface area contributed by atoms with Crippen molar-refractivity contribution in [1.29, 1.82) is 0 Å². The number of rotatable bonds is 3. The number of benzene rings is 1. The lowest BCUT2D eigenvalue weighted by Crippen LogP contribution is -2.39. The number of hydrogen-bond acceptors (Lipinski definition) is 2. The van der Waals surface area contributed by atoms with Crippen LogP contribution in [0.4, 0.5) is 0 Å². The SMILES string of the molecule is NCC1CCN(C(=O)C=Cc2ccc(Cl)cc2)CC1. The molecule has 0 aliphatic carbocycles. The molecule has 1 amide bonds. The molecule has 0 radical (unpaired) electrons. The van der Waals surface area contributed by atoms with Gasteiger partial charge in [0.25, 0.3) is 0 Å². The van der Waals surface area contributed by atoms with Gasteiger partial charge in [0.1, 0.15) is 0 Å². The number of carbonyl (C=O) groups excluding carboxylic acids is 1. The highest BCUT2D eigenvalue weighted by Gasteiger charge is 2.20. The third-order valence-electron chi connectivity index (χ3n) is 3.55. The van der Waals surface area contributed by atoms with Gasteiger partial charge in [-0.15, -0.1) is 0 Å². The second-order valence-electron chi connectivity index (χ2n) is 4.89. The van der Waals surface area contributed by atoms with Crippen molar-refractivity contribution in [3.05, 3.63) is 40.9 Å². The molecule has 0 unspecified atom stereocenters. The fourth-order valence-electron chi connectivity index (χ4n) is 2.24. The Bertz CT molecular complexity index is 448. The third kappa shape index (κ3) is 4.08. The van der Waals surface area contributed by atoms with Crippen molar-refractivity contribution in [3.8, 4) is 0 Å². The predicted molar refractivity (Wildman–Crippen MR) is 78.8 cm³/mol. The summed E-state index contributed by atoms with van der Waals surface area (Å²) in [5.41, 5.74) is 6.62. The summed E-state index contributed by atoms with van der Waals surface area (Å²) in [4.78, 5) is 13.9. The molecule has 1 aromatic rings. The smallest absolute Gasteiger partial charge is 0.246 e. The summed E-state index contributed by atoms with van der Waals surface area (Å²) in [5, 5.41) is 0.701. The third-order valence-corrected chi connectivity index (χ3v) is 3.80. The molecule has 3 nitrogen and oxygen atoms in total. The van der Waals surface area contributed by atoms with E-state index in [1.165, 1.54) is 0 Å². The number of halogens is 1. The van der Waals surface area contributed by atoms with Crippen LogP contribution in [0.3, 0.4) is 0 Å². The van der Waals surface area contributed by atoms with Gasteiger partial charge in [-0.25, -0.2) is 0 Å². The molecule has 0 spiro atoms. The average molecular weight is 279 g/mol. The number of carbonyl (C=O) groups is 1. The number of nitrogens with zero attached hydrogens (tertiary/aromatic N) is 1. The molecule has 2 N–H and O–H groups in total. The quantitative estimate of drug-likeness (QED) is 0.864. The van der Waals surface area contributed by atoms with E-state index < -0.39 is 0 Å². The minimum Gasteiger partial charge on any atom is -0.339 e. The topological polar surface area (TPSA) is 46.3 Å². The van der Waals surface area contributed by atoms with Crippen LogP contribution in [0, 0.1) is 5.92 Å². The summed E-state index contributed by atoms with van der Waals surface area (Å²) in [5.74, 6) is 0.648. The Kier molecular flexibility index (Phi) is 5.00. The molecular formula is C15H19ClN2O. The maximum Gasteiger partial charge on any atom is 0.246 e. The first-order valence-electron chi connectivity index (χ1n) is 6.61. The number of likely N-dealkylation sites (tertiary alicyclic amines) is 1. The lowest BCUT2D eigenvalue weighted by molar-refractivity contribution is -0.127. The molecule has 19 heavy (non-hydrogen) atoms. The van der Waals surface area contributed by atoms with Gasteiger partial charge in [0, 0.05) is 24.2 Å². The Morgan fingerprint density at radius 1 is 1.32 bits per heavy atom. The monoisotopic (exact) mass is 278 g/mol. The minimum absolute atomic E-state index is 0.0745. The Morgan fingerprint density at radius 2 is 1.95 bits per heavy atom. The second kappa shape index (κ2) is 6.73. The zero-order chi connectivity index (χ0) is 13.7. The van der Waals surface area contributed by atoms with Crippen LogP contribution in [0.15, 0.2) is 30.3 Å². The molecule has 0 saturated carbocycles. The second-order valence-corrected chi connectivity index (χ2v) is 5.33. The van der Waals surface area contributed by atoms with Gasteiger partial charge in [0.05, 0.1) is 0 Å². The zero-order valence-electron chi connectivity index (χ0n) is 10.9. The molecule has 0 bridgehead atoms. The number of amides is 1. The van der Waals surface area contributed by atoms with Gasteiger partial charge in [0.15, 0.2) is 0 Å². The predicted octanol–water partition coefficient (Wildman–Crippen LogP) is 2.55. The van der Waals surface area contributed by atoms with Gasteiger partial charge in [-0.2, -0.15) is 0 Å². The fraction of sp³-hybridized carbons (Fsp3) is 0.400. The van der Waals surface area contributed by atoms with E-state index in [2.05, 4.69) is 0 Å². The van der Waals surface area contributed by atoms with Gasteiger partial charge in [-0.05, 0) is 49.1 Å². The van der Waals surface area contributed by atoms with Crippen molar-refractivity contribution >= 4 is 23.6 Å². The molecule has 1 heterocycles. The molecule has 0 aromatic heterocycles. The van der Waals surface area contributed by atoms with E-state index >= 15 is 0 Å². The van der Waals surface area contributed by atoms with Crippen LogP contribution in [-0.4, -0.2) is 30.4 Å². The molecule has 102 valence electrons. The molecule has 2 rings (SSSR count). The molecular weight excluding hydrogens is 260 g/mol. The average Bonchev–Trinajstić information content (AvgIpc) is 2.46. The van der Waals surface area contributed by atoms with Crippen LogP contribution in [0.2, 0.25) is 5.02 Å². The Labute approximate surface area is 119 Å². The van der Waals surface area contributed by atoms with Crippen LogP contribution in [0.25, 0.3) is 6.08 Å². The number of nitrogens with two attached hydrogens (primary N) is 1. The highest BCUT2D eigenvalue weighted by atomic mass is 35.5. The normalized spacial score (nSPS) is 17.1. The number of hydrogen-bond donors (Lipinski definition) is 1. The fourth-order valence-corrected chi connectivity index (χ4v) is 2.36. The molecule has 1 saturated heterocycles. The summed E-state index contributed by atoms with van der Waals surface area (Å²) in [6, 6.07) is 7.43. The van der Waals surface area contributed by atoms with Crippen molar-refractivity contribution in [2.75, 3.05) is 19.6 Å².